The number of nitrogens with two attached hydrogens (primary N) is 1. The molecule has 1 aromatic carbocycles. The van der Waals surface area contributed by atoms with Gasteiger partial charge in [-0.05, 0) is 19.3 Å². The fourth-order valence-corrected chi connectivity index (χ4v) is 3.89. The third kappa shape index (κ3) is 3.09. The fourth-order valence-electron chi connectivity index (χ4n) is 3.89. The first-order valence-electron chi connectivity index (χ1n) is 8.72. The van der Waals surface area contributed by atoms with Gasteiger partial charge in [-0.25, -0.2) is 9.97 Å². The maximum Gasteiger partial charge on any atom is 0.257 e. The number of nitrogens with zero attached hydrogens (tertiary/aromatic N) is 3. The Morgan fingerprint density at radius 1 is 1.24 bits per heavy atom. The van der Waals surface area contributed by atoms with Crippen LogP contribution in [0.3, 0.4) is 0 Å². The lowest BCUT2D eigenvalue weighted by atomic mass is 9.79. The summed E-state index contributed by atoms with van der Waals surface area (Å²) < 4.78 is 5.60. The average molecular weight is 338 g/mol. The smallest absolute Gasteiger partial charge is 0.257 e. The predicted octanol–water partition coefficient (Wildman–Crippen LogP) is 2.37. The number of hydrogen-bond donors (Lipinski definition) is 1. The molecule has 0 saturated carbocycles. The van der Waals surface area contributed by atoms with E-state index in [0.717, 1.165) is 51.1 Å². The lowest BCUT2D eigenvalue weighted by Crippen LogP contribution is -2.46. The Balaban J connectivity index is 1.66. The zero-order chi connectivity index (χ0) is 17.3. The van der Waals surface area contributed by atoms with Crippen molar-refractivity contribution < 1.29 is 9.53 Å². The largest absolute Gasteiger partial charge is 0.381 e. The SMILES string of the molecule is Nc1ncc(C(=O)N2CCC[C@]3(CCOC3)C2)c(-c2ccccc2)n1. The Bertz CT molecular complexity index is 772. The molecule has 0 aliphatic carbocycles. The number of ether oxygens (including phenoxy) is 1. The second-order valence-corrected chi connectivity index (χ2v) is 6.99. The van der Waals surface area contributed by atoms with Crippen molar-refractivity contribution in [3.8, 4) is 11.3 Å². The highest BCUT2D eigenvalue weighted by molar-refractivity contribution is 5.99. The van der Waals surface area contributed by atoms with Gasteiger partial charge in [0.2, 0.25) is 5.95 Å². The van der Waals surface area contributed by atoms with Gasteiger partial charge in [0.05, 0.1) is 17.9 Å². The molecule has 6 nitrogen and oxygen atoms in total. The molecule has 3 heterocycles. The Hall–Kier alpha value is -2.47. The van der Waals surface area contributed by atoms with Gasteiger partial charge in [0.15, 0.2) is 0 Å². The normalized spacial score (nSPS) is 23.1. The maximum absolute atomic E-state index is 13.2. The fraction of sp³-hybridized carbons (Fsp3) is 0.421. The molecule has 2 fully saturated rings. The molecule has 2 aromatic rings. The van der Waals surface area contributed by atoms with E-state index in [4.69, 9.17) is 10.5 Å². The van der Waals surface area contributed by atoms with Gasteiger partial charge >= 0.3 is 0 Å². The second-order valence-electron chi connectivity index (χ2n) is 6.99. The summed E-state index contributed by atoms with van der Waals surface area (Å²) in [7, 11) is 0. The van der Waals surface area contributed by atoms with Crippen LogP contribution >= 0.6 is 0 Å². The molecule has 1 amide bonds. The molecule has 2 N–H and O–H groups in total. The van der Waals surface area contributed by atoms with Crippen LogP contribution in [-0.2, 0) is 4.74 Å². The Morgan fingerprint density at radius 2 is 2.08 bits per heavy atom. The lowest BCUT2D eigenvalue weighted by molar-refractivity contribution is 0.0462. The number of aromatic nitrogens is 2. The average Bonchev–Trinajstić information content (AvgIpc) is 3.09. The molecule has 2 aliphatic heterocycles. The zero-order valence-electron chi connectivity index (χ0n) is 14.1. The van der Waals surface area contributed by atoms with E-state index in [1.807, 2.05) is 35.2 Å². The van der Waals surface area contributed by atoms with Crippen LogP contribution in [0.25, 0.3) is 11.3 Å². The van der Waals surface area contributed by atoms with E-state index >= 15 is 0 Å². The minimum Gasteiger partial charge on any atom is -0.381 e. The van der Waals surface area contributed by atoms with Crippen LogP contribution in [0.1, 0.15) is 29.6 Å². The molecule has 0 radical (unpaired) electrons. The minimum absolute atomic E-state index is 0.0233. The molecule has 1 aromatic heterocycles. The second kappa shape index (κ2) is 6.44. The molecular formula is C19H22N4O2. The highest BCUT2D eigenvalue weighted by Gasteiger charge is 2.40. The van der Waals surface area contributed by atoms with Crippen molar-refractivity contribution >= 4 is 11.9 Å². The number of carbonyl (C=O) groups excluding carboxylic acids is 1. The standard InChI is InChI=1S/C19H22N4O2/c20-18-21-11-15(16(22-18)14-5-2-1-3-6-14)17(24)23-9-4-7-19(12-23)8-10-25-13-19/h1-3,5-6,11H,4,7-10,12-13H2,(H2,20,21,22)/t19-/m0/s1. The summed E-state index contributed by atoms with van der Waals surface area (Å²) in [6.45, 7) is 3.05. The van der Waals surface area contributed by atoms with Gasteiger partial charge in [-0.1, -0.05) is 30.3 Å². The van der Waals surface area contributed by atoms with Gasteiger partial charge in [-0.2, -0.15) is 0 Å². The minimum atomic E-state index is -0.0233. The molecule has 1 atom stereocenters. The van der Waals surface area contributed by atoms with E-state index in [9.17, 15) is 4.79 Å². The van der Waals surface area contributed by atoms with Crippen LogP contribution in [0.5, 0.6) is 0 Å². The topological polar surface area (TPSA) is 81.3 Å². The molecule has 2 saturated heterocycles. The number of piperidine rings is 1. The first-order chi connectivity index (χ1) is 12.2. The van der Waals surface area contributed by atoms with Crippen LogP contribution in [0, 0.1) is 5.41 Å². The van der Waals surface area contributed by atoms with Gasteiger partial charge in [0.25, 0.3) is 5.91 Å². The number of carbonyl (C=O) groups is 1. The summed E-state index contributed by atoms with van der Waals surface area (Å²) in [5, 5.41) is 0. The van der Waals surface area contributed by atoms with E-state index in [1.165, 1.54) is 0 Å². The van der Waals surface area contributed by atoms with Crippen LogP contribution in [0.2, 0.25) is 0 Å². The van der Waals surface area contributed by atoms with Gasteiger partial charge in [-0.3, -0.25) is 4.79 Å². The monoisotopic (exact) mass is 338 g/mol. The van der Waals surface area contributed by atoms with Crippen LogP contribution in [0.15, 0.2) is 36.5 Å². The number of anilines is 1. The molecule has 0 unspecified atom stereocenters. The van der Waals surface area contributed by atoms with Crippen molar-refractivity contribution in [2.24, 2.45) is 5.41 Å². The van der Waals surface area contributed by atoms with Crippen molar-refractivity contribution in [3.63, 3.8) is 0 Å². The number of nitrogen functional groups attached to an aromatic ring is 1. The highest BCUT2D eigenvalue weighted by atomic mass is 16.5. The van der Waals surface area contributed by atoms with Crippen molar-refractivity contribution in [3.05, 3.63) is 42.1 Å². The summed E-state index contributed by atoms with van der Waals surface area (Å²) in [5.41, 5.74) is 7.87. The van der Waals surface area contributed by atoms with Crippen LogP contribution in [-0.4, -0.2) is 47.1 Å². The molecular weight excluding hydrogens is 316 g/mol. The Morgan fingerprint density at radius 3 is 2.84 bits per heavy atom. The molecule has 6 heteroatoms. The summed E-state index contributed by atoms with van der Waals surface area (Å²) in [4.78, 5) is 23.5. The molecule has 25 heavy (non-hydrogen) atoms. The number of likely N-dealkylation sites (tertiary alicyclic amines) is 1. The maximum atomic E-state index is 13.2. The number of hydrogen-bond acceptors (Lipinski definition) is 5. The number of benzene rings is 1. The highest BCUT2D eigenvalue weighted by Crippen LogP contribution is 2.38. The van der Waals surface area contributed by atoms with Crippen LogP contribution < -0.4 is 5.73 Å². The summed E-state index contributed by atoms with van der Waals surface area (Å²) >= 11 is 0. The van der Waals surface area contributed by atoms with E-state index < -0.39 is 0 Å². The molecule has 0 bridgehead atoms. The van der Waals surface area contributed by atoms with Gasteiger partial charge in [0.1, 0.15) is 0 Å². The number of rotatable bonds is 2. The third-order valence-corrected chi connectivity index (χ3v) is 5.22. The zero-order valence-corrected chi connectivity index (χ0v) is 14.1. The quantitative estimate of drug-likeness (QED) is 0.909. The van der Waals surface area contributed by atoms with Crippen molar-refractivity contribution in [1.29, 1.82) is 0 Å². The van der Waals surface area contributed by atoms with E-state index in [-0.39, 0.29) is 17.3 Å². The van der Waals surface area contributed by atoms with Gasteiger partial charge < -0.3 is 15.4 Å². The summed E-state index contributed by atoms with van der Waals surface area (Å²) in [5.74, 6) is 0.152. The van der Waals surface area contributed by atoms with Crippen molar-refractivity contribution in [2.75, 3.05) is 32.0 Å². The third-order valence-electron chi connectivity index (χ3n) is 5.22. The summed E-state index contributed by atoms with van der Waals surface area (Å²) in [6.07, 6.45) is 4.71. The lowest BCUT2D eigenvalue weighted by Gasteiger charge is -2.39. The first kappa shape index (κ1) is 16.0. The van der Waals surface area contributed by atoms with Gasteiger partial charge in [0, 0.05) is 36.9 Å². The Labute approximate surface area is 147 Å². The van der Waals surface area contributed by atoms with E-state index in [2.05, 4.69) is 9.97 Å². The molecule has 2 aliphatic rings. The van der Waals surface area contributed by atoms with Crippen molar-refractivity contribution in [1.82, 2.24) is 14.9 Å². The van der Waals surface area contributed by atoms with E-state index in [0.29, 0.717) is 11.3 Å². The van der Waals surface area contributed by atoms with E-state index in [1.54, 1.807) is 6.20 Å². The number of amides is 1. The van der Waals surface area contributed by atoms with Gasteiger partial charge in [-0.15, -0.1) is 0 Å². The molecule has 130 valence electrons. The van der Waals surface area contributed by atoms with Crippen LogP contribution in [0.4, 0.5) is 5.95 Å². The molecule has 1 spiro atoms. The summed E-state index contributed by atoms with van der Waals surface area (Å²) in [6, 6.07) is 9.65. The first-order valence-corrected chi connectivity index (χ1v) is 8.72. The predicted molar refractivity (Wildman–Crippen MR) is 94.9 cm³/mol. The van der Waals surface area contributed by atoms with Crippen molar-refractivity contribution in [2.45, 2.75) is 19.3 Å². The Kier molecular flexibility index (Phi) is 4.13. The molecule has 4 rings (SSSR count).